The summed E-state index contributed by atoms with van der Waals surface area (Å²) in [6.07, 6.45) is 0. The van der Waals surface area contributed by atoms with Gasteiger partial charge >= 0.3 is 244 Å². The Morgan fingerprint density at radius 1 is 0.390 bits per heavy atom. The van der Waals surface area contributed by atoms with Crippen LogP contribution in [0.2, 0.25) is 0 Å². The van der Waals surface area contributed by atoms with E-state index in [9.17, 15) is 0 Å². The van der Waals surface area contributed by atoms with Gasteiger partial charge in [0.1, 0.15) is 0 Å². The summed E-state index contributed by atoms with van der Waals surface area (Å²) < 4.78 is 2.51. The fraction of sp³-hybridized carbons (Fsp3) is 0. The van der Waals surface area contributed by atoms with Gasteiger partial charge in [-0.3, -0.25) is 0 Å². The van der Waals surface area contributed by atoms with E-state index in [4.69, 9.17) is 19.9 Å². The van der Waals surface area contributed by atoms with Crippen LogP contribution in [0.4, 0.5) is 0 Å². The van der Waals surface area contributed by atoms with Crippen molar-refractivity contribution in [2.75, 3.05) is 0 Å². The Kier molecular flexibility index (Phi) is 5.77. The second-order valence-corrected chi connectivity index (χ2v) is 12.0. The number of nitrogens with zero attached hydrogens (tertiary/aromatic N) is 4. The zero-order valence-corrected chi connectivity index (χ0v) is 23.6. The average Bonchev–Trinajstić information content (AvgIpc) is 3.50. The van der Waals surface area contributed by atoms with Crippen molar-refractivity contribution in [3.63, 3.8) is 0 Å². The molecule has 4 nitrogen and oxygen atoms in total. The Labute approximate surface area is 242 Å². The van der Waals surface area contributed by atoms with Gasteiger partial charge in [0, 0.05) is 0 Å². The van der Waals surface area contributed by atoms with Crippen molar-refractivity contribution in [2.24, 2.45) is 0 Å². The van der Waals surface area contributed by atoms with Crippen molar-refractivity contribution in [2.45, 2.75) is 0 Å². The second-order valence-electron chi connectivity index (χ2n) is 9.90. The Hall–Kier alpha value is -4.96. The van der Waals surface area contributed by atoms with E-state index >= 15 is 0 Å². The third-order valence-corrected chi connectivity index (χ3v) is 9.76. The van der Waals surface area contributed by atoms with Crippen LogP contribution in [-0.4, -0.2) is 34.4 Å². The maximum absolute atomic E-state index is 5.14. The molecule has 0 aliphatic rings. The molecule has 8 aromatic rings. The molecular formula is C36H22N4Se. The predicted octanol–water partition coefficient (Wildman–Crippen LogP) is 8.45. The molecule has 41 heavy (non-hydrogen) atoms. The zero-order valence-electron chi connectivity index (χ0n) is 21.9. The molecule has 8 rings (SSSR count). The first-order valence-electron chi connectivity index (χ1n) is 13.5. The fourth-order valence-electron chi connectivity index (χ4n) is 5.38. The molecule has 0 amide bonds. The molecule has 5 heteroatoms. The maximum atomic E-state index is 5.14. The average molecular weight is 590 g/mol. The summed E-state index contributed by atoms with van der Waals surface area (Å²) in [5, 5.41) is 4.83. The van der Waals surface area contributed by atoms with Gasteiger partial charge in [0.2, 0.25) is 0 Å². The van der Waals surface area contributed by atoms with Crippen molar-refractivity contribution in [3.05, 3.63) is 133 Å². The third-order valence-electron chi connectivity index (χ3n) is 7.37. The van der Waals surface area contributed by atoms with Gasteiger partial charge in [-0.2, -0.15) is 0 Å². The second kappa shape index (κ2) is 9.90. The van der Waals surface area contributed by atoms with Crippen molar-refractivity contribution in [1.82, 2.24) is 19.9 Å². The number of aromatic nitrogens is 4. The topological polar surface area (TPSA) is 51.6 Å². The molecule has 2 heterocycles. The molecule has 6 aromatic carbocycles. The minimum atomic E-state index is 0.106. The standard InChI is InChI=1S/C36H22N4Se/c1-3-12-24(13-4-1)33-38-34(25-14-5-2-6-15-25)40-35(39-33)29-20-21-30(28-18-10-9-17-27(28)29)36-37-31-22-19-23-11-7-8-16-26(23)32(31)41-36/h1-22H. The molecule has 0 atom stereocenters. The summed E-state index contributed by atoms with van der Waals surface area (Å²) in [6.45, 7) is 0. The van der Waals surface area contributed by atoms with Gasteiger partial charge < -0.3 is 0 Å². The van der Waals surface area contributed by atoms with Crippen LogP contribution in [0.1, 0.15) is 0 Å². The van der Waals surface area contributed by atoms with Crippen LogP contribution in [0.15, 0.2) is 133 Å². The Morgan fingerprint density at radius 2 is 0.927 bits per heavy atom. The van der Waals surface area contributed by atoms with E-state index in [1.54, 1.807) is 0 Å². The van der Waals surface area contributed by atoms with E-state index in [1.807, 2.05) is 60.7 Å². The van der Waals surface area contributed by atoms with E-state index in [0.29, 0.717) is 17.5 Å². The quantitative estimate of drug-likeness (QED) is 0.193. The molecule has 0 saturated carbocycles. The van der Waals surface area contributed by atoms with Gasteiger partial charge in [0.15, 0.2) is 0 Å². The van der Waals surface area contributed by atoms with Gasteiger partial charge in [0.05, 0.1) is 0 Å². The summed E-state index contributed by atoms with van der Waals surface area (Å²) in [6, 6.07) is 46.0. The van der Waals surface area contributed by atoms with Gasteiger partial charge in [-0.15, -0.1) is 0 Å². The molecular weight excluding hydrogens is 567 g/mol. The number of rotatable bonds is 4. The first-order valence-corrected chi connectivity index (χ1v) is 15.2. The normalized spacial score (nSPS) is 11.4. The van der Waals surface area contributed by atoms with Gasteiger partial charge in [0.25, 0.3) is 0 Å². The molecule has 2 aromatic heterocycles. The fourth-order valence-corrected chi connectivity index (χ4v) is 7.77. The van der Waals surface area contributed by atoms with Crippen LogP contribution in [0, 0.1) is 0 Å². The van der Waals surface area contributed by atoms with Crippen LogP contribution in [0.3, 0.4) is 0 Å². The van der Waals surface area contributed by atoms with Crippen molar-refractivity contribution in [3.8, 4) is 44.3 Å². The molecule has 0 aliphatic carbocycles. The molecule has 0 unspecified atom stereocenters. The van der Waals surface area contributed by atoms with Crippen molar-refractivity contribution < 1.29 is 0 Å². The Bertz CT molecular complexity index is 2150. The minimum absolute atomic E-state index is 0.106. The molecule has 192 valence electrons. The molecule has 0 spiro atoms. The molecule has 0 saturated heterocycles. The summed E-state index contributed by atoms with van der Waals surface area (Å²) in [4.78, 5) is 20.0. The Morgan fingerprint density at radius 3 is 1.61 bits per heavy atom. The van der Waals surface area contributed by atoms with E-state index in [1.165, 1.54) is 20.6 Å². The molecule has 0 radical (unpaired) electrons. The van der Waals surface area contributed by atoms with Crippen LogP contribution >= 0.6 is 0 Å². The van der Waals surface area contributed by atoms with Crippen molar-refractivity contribution >= 4 is 45.8 Å². The van der Waals surface area contributed by atoms with Crippen LogP contribution < -0.4 is 0 Å². The Balaban J connectivity index is 1.33. The van der Waals surface area contributed by atoms with Gasteiger partial charge in [-0.1, -0.05) is 0 Å². The van der Waals surface area contributed by atoms with E-state index < -0.39 is 0 Å². The molecule has 0 aliphatic heterocycles. The van der Waals surface area contributed by atoms with Crippen LogP contribution in [-0.2, 0) is 0 Å². The summed E-state index contributed by atoms with van der Waals surface area (Å²) in [5.41, 5.74) is 5.16. The van der Waals surface area contributed by atoms with E-state index in [0.717, 1.165) is 37.5 Å². The zero-order chi connectivity index (χ0) is 27.2. The SMILES string of the molecule is c1ccc(-c2nc(-c3ccccc3)nc(-c3ccc(-c4nc5ccc6ccccc6c5[se]4)c4ccccc34)n2)cc1. The summed E-state index contributed by atoms with van der Waals surface area (Å²) in [5.74, 6) is 1.98. The summed E-state index contributed by atoms with van der Waals surface area (Å²) >= 11 is 0.106. The van der Waals surface area contributed by atoms with Gasteiger partial charge in [-0.25, -0.2) is 0 Å². The van der Waals surface area contributed by atoms with Crippen LogP contribution in [0.5, 0.6) is 0 Å². The van der Waals surface area contributed by atoms with Gasteiger partial charge in [-0.05, 0) is 0 Å². The van der Waals surface area contributed by atoms with E-state index in [-0.39, 0.29) is 14.5 Å². The molecule has 0 N–H and O–H groups in total. The van der Waals surface area contributed by atoms with E-state index in [2.05, 4.69) is 72.8 Å². The first-order chi connectivity index (χ1) is 20.3. The van der Waals surface area contributed by atoms with Crippen LogP contribution in [0.25, 0.3) is 75.6 Å². The summed E-state index contributed by atoms with van der Waals surface area (Å²) in [7, 11) is 0. The first kappa shape index (κ1) is 23.9. The monoisotopic (exact) mass is 590 g/mol. The molecule has 0 bridgehead atoms. The third kappa shape index (κ3) is 4.23. The number of benzene rings is 6. The number of hydrogen-bond donors (Lipinski definition) is 0. The predicted molar refractivity (Wildman–Crippen MR) is 169 cm³/mol. The molecule has 0 fully saturated rings. The van der Waals surface area contributed by atoms with Crippen molar-refractivity contribution in [1.29, 1.82) is 0 Å². The number of fused-ring (bicyclic) bond motifs is 4. The number of hydrogen-bond acceptors (Lipinski definition) is 4.